The van der Waals surface area contributed by atoms with Crippen LogP contribution >= 0.6 is 0 Å². The van der Waals surface area contributed by atoms with E-state index in [9.17, 15) is 4.79 Å². The summed E-state index contributed by atoms with van der Waals surface area (Å²) in [4.78, 5) is 19.1. The molecule has 2 amide bonds. The number of urea groups is 1. The SMILES string of the molecule is CNC(=O)N1CCc2c(c(-c3cccc4cc(-c5cnn(C)c5)ncc34)nn2C2CCOCC2)C1. The van der Waals surface area contributed by atoms with Gasteiger partial charge in [-0.3, -0.25) is 14.3 Å². The first-order chi connectivity index (χ1) is 17.1. The summed E-state index contributed by atoms with van der Waals surface area (Å²) < 4.78 is 9.62. The Morgan fingerprint density at radius 1 is 1.20 bits per heavy atom. The number of amides is 2. The predicted molar refractivity (Wildman–Crippen MR) is 133 cm³/mol. The van der Waals surface area contributed by atoms with Crippen molar-refractivity contribution in [3.05, 3.63) is 54.1 Å². The van der Waals surface area contributed by atoms with E-state index in [4.69, 9.17) is 14.8 Å². The van der Waals surface area contributed by atoms with Gasteiger partial charge in [0.1, 0.15) is 0 Å². The van der Waals surface area contributed by atoms with Crippen LogP contribution in [-0.4, -0.2) is 62.3 Å². The molecule has 0 atom stereocenters. The van der Waals surface area contributed by atoms with Gasteiger partial charge >= 0.3 is 6.03 Å². The topological polar surface area (TPSA) is 90.1 Å². The van der Waals surface area contributed by atoms with Crippen LogP contribution in [-0.2, 0) is 24.8 Å². The Labute approximate surface area is 203 Å². The highest BCUT2D eigenvalue weighted by Gasteiger charge is 2.31. The van der Waals surface area contributed by atoms with Gasteiger partial charge in [0.25, 0.3) is 0 Å². The third kappa shape index (κ3) is 3.85. The molecule has 0 radical (unpaired) electrons. The average Bonchev–Trinajstić information content (AvgIpc) is 3.51. The van der Waals surface area contributed by atoms with Crippen LogP contribution in [0.4, 0.5) is 4.79 Å². The van der Waals surface area contributed by atoms with Crippen molar-refractivity contribution in [3.8, 4) is 22.5 Å². The number of pyridine rings is 1. The molecule has 6 rings (SSSR count). The number of ether oxygens (including phenoxy) is 1. The third-order valence-electron chi connectivity index (χ3n) is 7.14. The van der Waals surface area contributed by atoms with Gasteiger partial charge in [-0.25, -0.2) is 4.79 Å². The minimum Gasteiger partial charge on any atom is -0.381 e. The van der Waals surface area contributed by atoms with Crippen LogP contribution in [0.5, 0.6) is 0 Å². The molecule has 2 aliphatic rings. The Hall–Kier alpha value is -3.72. The van der Waals surface area contributed by atoms with Crippen molar-refractivity contribution >= 4 is 16.8 Å². The number of carbonyl (C=O) groups is 1. The first-order valence-electron chi connectivity index (χ1n) is 12.1. The summed E-state index contributed by atoms with van der Waals surface area (Å²) in [5.41, 5.74) is 6.25. The van der Waals surface area contributed by atoms with Crippen molar-refractivity contribution < 1.29 is 9.53 Å². The van der Waals surface area contributed by atoms with Crippen LogP contribution in [0.3, 0.4) is 0 Å². The monoisotopic (exact) mass is 471 g/mol. The van der Waals surface area contributed by atoms with Crippen LogP contribution in [0.1, 0.15) is 30.1 Å². The van der Waals surface area contributed by atoms with Gasteiger partial charge in [-0.2, -0.15) is 10.2 Å². The number of rotatable bonds is 3. The van der Waals surface area contributed by atoms with Crippen LogP contribution in [0.2, 0.25) is 0 Å². The van der Waals surface area contributed by atoms with Crippen molar-refractivity contribution in [1.29, 1.82) is 0 Å². The van der Waals surface area contributed by atoms with Crippen LogP contribution < -0.4 is 5.32 Å². The molecule has 0 spiro atoms. The molecule has 0 unspecified atom stereocenters. The number of nitrogens with one attached hydrogen (secondary N) is 1. The summed E-state index contributed by atoms with van der Waals surface area (Å²) in [5, 5.41) is 14.4. The number of carbonyl (C=O) groups excluding carboxylic acids is 1. The molecule has 4 aromatic rings. The van der Waals surface area contributed by atoms with Gasteiger partial charge in [-0.05, 0) is 24.3 Å². The van der Waals surface area contributed by atoms with Gasteiger partial charge < -0.3 is 15.0 Å². The van der Waals surface area contributed by atoms with E-state index in [1.165, 1.54) is 5.69 Å². The lowest BCUT2D eigenvalue weighted by atomic mass is 9.97. The van der Waals surface area contributed by atoms with E-state index in [-0.39, 0.29) is 6.03 Å². The highest BCUT2D eigenvalue weighted by Crippen LogP contribution is 2.37. The second-order valence-electron chi connectivity index (χ2n) is 9.29. The Morgan fingerprint density at radius 2 is 2.06 bits per heavy atom. The molecule has 3 aromatic heterocycles. The van der Waals surface area contributed by atoms with E-state index in [2.05, 4.69) is 39.4 Å². The molecule has 5 heterocycles. The van der Waals surface area contributed by atoms with Crippen molar-refractivity contribution in [2.75, 3.05) is 26.8 Å². The van der Waals surface area contributed by atoms with Gasteiger partial charge in [-0.15, -0.1) is 0 Å². The van der Waals surface area contributed by atoms with Gasteiger partial charge in [0.15, 0.2) is 0 Å². The third-order valence-corrected chi connectivity index (χ3v) is 7.14. The summed E-state index contributed by atoms with van der Waals surface area (Å²) in [6.45, 7) is 2.75. The van der Waals surface area contributed by atoms with Crippen molar-refractivity contribution in [2.24, 2.45) is 7.05 Å². The molecule has 1 saturated heterocycles. The second-order valence-corrected chi connectivity index (χ2v) is 9.29. The summed E-state index contributed by atoms with van der Waals surface area (Å²) >= 11 is 0. The van der Waals surface area contributed by atoms with E-state index in [0.717, 1.165) is 71.3 Å². The lowest BCUT2D eigenvalue weighted by Gasteiger charge is -2.29. The highest BCUT2D eigenvalue weighted by molar-refractivity contribution is 5.97. The first kappa shape index (κ1) is 21.8. The molecule has 1 aromatic carbocycles. The van der Waals surface area contributed by atoms with E-state index < -0.39 is 0 Å². The second kappa shape index (κ2) is 8.81. The number of hydrogen-bond donors (Lipinski definition) is 1. The molecular formula is C26H29N7O2. The van der Waals surface area contributed by atoms with Crippen LogP contribution in [0.25, 0.3) is 33.3 Å². The van der Waals surface area contributed by atoms with Gasteiger partial charge in [0.2, 0.25) is 0 Å². The minimum atomic E-state index is -0.0545. The lowest BCUT2D eigenvalue weighted by Crippen LogP contribution is -2.41. The van der Waals surface area contributed by atoms with Crippen LogP contribution in [0, 0.1) is 0 Å². The summed E-state index contributed by atoms with van der Waals surface area (Å²) in [6, 6.07) is 8.67. The normalized spacial score (nSPS) is 16.5. The molecule has 35 heavy (non-hydrogen) atoms. The van der Waals surface area contributed by atoms with Gasteiger partial charge in [0, 0.05) is 80.4 Å². The Bertz CT molecular complexity index is 1400. The fourth-order valence-electron chi connectivity index (χ4n) is 5.31. The first-order valence-corrected chi connectivity index (χ1v) is 12.1. The summed E-state index contributed by atoms with van der Waals surface area (Å²) in [7, 11) is 3.59. The van der Waals surface area contributed by atoms with Crippen molar-refractivity contribution in [3.63, 3.8) is 0 Å². The smallest absolute Gasteiger partial charge is 0.317 e. The van der Waals surface area contributed by atoms with Gasteiger partial charge in [-0.1, -0.05) is 18.2 Å². The molecular weight excluding hydrogens is 442 g/mol. The standard InChI is InChI=1S/C26H29N7O2/c1-27-26(34)32-9-6-24-22(16-32)25(30-33(24)19-7-10-35-11-8-19)20-5-3-4-17-12-23(28-14-21(17)20)18-13-29-31(2)15-18/h3-5,12-15,19H,6-11,16H2,1-2H3,(H,27,34). The largest absolute Gasteiger partial charge is 0.381 e. The Balaban J connectivity index is 1.47. The molecule has 0 aliphatic carbocycles. The zero-order valence-electron chi connectivity index (χ0n) is 20.1. The maximum absolute atomic E-state index is 12.5. The molecule has 9 heteroatoms. The predicted octanol–water partition coefficient (Wildman–Crippen LogP) is 3.55. The molecule has 9 nitrogen and oxygen atoms in total. The van der Waals surface area contributed by atoms with Crippen molar-refractivity contribution in [2.45, 2.75) is 31.8 Å². The number of fused-ring (bicyclic) bond motifs is 2. The lowest BCUT2D eigenvalue weighted by molar-refractivity contribution is 0.0651. The zero-order chi connectivity index (χ0) is 23.9. The Kier molecular flexibility index (Phi) is 5.49. The van der Waals surface area contributed by atoms with E-state index in [0.29, 0.717) is 19.1 Å². The fourth-order valence-corrected chi connectivity index (χ4v) is 5.31. The maximum Gasteiger partial charge on any atom is 0.317 e. The van der Waals surface area contributed by atoms with Gasteiger partial charge in [0.05, 0.1) is 30.2 Å². The number of aryl methyl sites for hydroxylation is 1. The number of benzene rings is 1. The maximum atomic E-state index is 12.5. The zero-order valence-corrected chi connectivity index (χ0v) is 20.1. The fraction of sp³-hybridized carbons (Fsp3) is 0.385. The Morgan fingerprint density at radius 3 is 2.83 bits per heavy atom. The molecule has 1 N–H and O–H groups in total. The quantitative estimate of drug-likeness (QED) is 0.494. The van der Waals surface area contributed by atoms with E-state index in [1.807, 2.05) is 30.5 Å². The molecule has 0 bridgehead atoms. The highest BCUT2D eigenvalue weighted by atomic mass is 16.5. The van der Waals surface area contributed by atoms with Crippen molar-refractivity contribution in [1.82, 2.24) is 34.8 Å². The number of hydrogen-bond acceptors (Lipinski definition) is 5. The molecule has 2 aliphatic heterocycles. The van der Waals surface area contributed by atoms with E-state index in [1.54, 1.807) is 11.7 Å². The molecule has 0 saturated carbocycles. The minimum absolute atomic E-state index is 0.0545. The average molecular weight is 472 g/mol. The van der Waals surface area contributed by atoms with E-state index >= 15 is 0 Å². The summed E-state index contributed by atoms with van der Waals surface area (Å²) in [6.07, 6.45) is 8.44. The van der Waals surface area contributed by atoms with Crippen LogP contribution in [0.15, 0.2) is 42.9 Å². The number of aromatic nitrogens is 5. The molecule has 1 fully saturated rings. The number of nitrogens with zero attached hydrogens (tertiary/aromatic N) is 6. The molecule has 180 valence electrons. The summed E-state index contributed by atoms with van der Waals surface area (Å²) in [5.74, 6) is 0.